The third-order valence-electron chi connectivity index (χ3n) is 4.20. The fourth-order valence-corrected chi connectivity index (χ4v) is 6.35. The molecule has 2 nitrogen and oxygen atoms in total. The summed E-state index contributed by atoms with van der Waals surface area (Å²) < 4.78 is 5.19. The third-order valence-corrected chi connectivity index (χ3v) is 7.82. The molecule has 0 N–H and O–H groups in total. The molecule has 4 rings (SSSR count). The molecule has 3 aromatic rings. The first-order chi connectivity index (χ1) is 11.8. The molecule has 0 radical (unpaired) electrons. The van der Waals surface area contributed by atoms with Gasteiger partial charge in [0.05, 0.1) is 0 Å². The minimum absolute atomic E-state index is 0. The van der Waals surface area contributed by atoms with E-state index in [0.717, 1.165) is 6.54 Å². The number of halogens is 1. The van der Waals surface area contributed by atoms with Crippen molar-refractivity contribution in [1.82, 2.24) is 0 Å². The molecular weight excluding hydrogens is 506 g/mol. The maximum Gasteiger partial charge on any atom is -1.00 e. The molecule has 0 atom stereocenters. The van der Waals surface area contributed by atoms with Gasteiger partial charge in [0.2, 0.25) is 0 Å². The molecular formula is C20H19IN2SSe. The summed E-state index contributed by atoms with van der Waals surface area (Å²) in [5.41, 5.74) is 2.68. The molecule has 0 spiro atoms. The van der Waals surface area contributed by atoms with Crippen LogP contribution in [0.2, 0.25) is 0 Å². The van der Waals surface area contributed by atoms with Crippen LogP contribution < -0.4 is 33.4 Å². The number of rotatable bonds is 3. The Kier molecular flexibility index (Phi) is 6.10. The van der Waals surface area contributed by atoms with E-state index in [4.69, 9.17) is 0 Å². The fraction of sp³-hybridized carbons (Fsp3) is 0.150. The summed E-state index contributed by atoms with van der Waals surface area (Å²) in [5, 5.41) is 1.31. The molecule has 0 saturated carbocycles. The van der Waals surface area contributed by atoms with E-state index in [-0.39, 0.29) is 24.0 Å². The van der Waals surface area contributed by atoms with Crippen LogP contribution in [-0.4, -0.2) is 21.0 Å². The molecule has 0 bridgehead atoms. The number of allylic oxidation sites excluding steroid dienone is 2. The summed E-state index contributed by atoms with van der Waals surface area (Å²) in [6, 6.07) is 17.3. The molecule has 1 aliphatic heterocycles. The van der Waals surface area contributed by atoms with Crippen molar-refractivity contribution in [2.75, 3.05) is 11.4 Å². The minimum Gasteiger partial charge on any atom is -1.00 e. The van der Waals surface area contributed by atoms with Crippen LogP contribution in [0.1, 0.15) is 11.5 Å². The van der Waals surface area contributed by atoms with Crippen LogP contribution in [0.25, 0.3) is 15.9 Å². The SMILES string of the molecule is CCN1/C(=C/C=C/c2[se]c3ccccc3[n+]2C)Sc2ccccc21.[I-]. The molecule has 0 fully saturated rings. The number of aryl methyl sites for hydroxylation is 1. The first-order valence-corrected chi connectivity index (χ1v) is 10.6. The Labute approximate surface area is 176 Å². The number of benzene rings is 2. The normalized spacial score (nSPS) is 15.1. The van der Waals surface area contributed by atoms with Crippen LogP contribution in [-0.2, 0) is 7.05 Å². The number of para-hydroxylation sites is 2. The average Bonchev–Trinajstić information content (AvgIpc) is 3.13. The fourth-order valence-electron chi connectivity index (χ4n) is 2.98. The van der Waals surface area contributed by atoms with Gasteiger partial charge in [-0.3, -0.25) is 0 Å². The van der Waals surface area contributed by atoms with E-state index in [1.807, 2.05) is 11.8 Å². The molecule has 5 heteroatoms. The van der Waals surface area contributed by atoms with Crippen molar-refractivity contribution < 1.29 is 28.5 Å². The van der Waals surface area contributed by atoms with Gasteiger partial charge in [-0.15, -0.1) is 0 Å². The number of hydrogen-bond donors (Lipinski definition) is 0. The molecule has 0 aliphatic carbocycles. The Balaban J connectivity index is 0.00000182. The summed E-state index contributed by atoms with van der Waals surface area (Å²) in [6.45, 7) is 3.20. The van der Waals surface area contributed by atoms with Crippen LogP contribution in [0.3, 0.4) is 0 Å². The van der Waals surface area contributed by atoms with Crippen molar-refractivity contribution in [2.24, 2.45) is 7.05 Å². The maximum atomic E-state index is 2.38. The summed E-state index contributed by atoms with van der Waals surface area (Å²) in [6.07, 6.45) is 6.72. The van der Waals surface area contributed by atoms with Crippen molar-refractivity contribution in [1.29, 1.82) is 0 Å². The van der Waals surface area contributed by atoms with Gasteiger partial charge in [-0.05, 0) is 0 Å². The van der Waals surface area contributed by atoms with Crippen LogP contribution in [0.15, 0.2) is 70.6 Å². The molecule has 25 heavy (non-hydrogen) atoms. The van der Waals surface area contributed by atoms with E-state index in [0.29, 0.717) is 14.5 Å². The summed E-state index contributed by atoms with van der Waals surface area (Å²) in [4.78, 5) is 3.73. The first-order valence-electron chi connectivity index (χ1n) is 8.08. The number of thioether (sulfide) groups is 1. The van der Waals surface area contributed by atoms with Crippen LogP contribution in [0.5, 0.6) is 0 Å². The Morgan fingerprint density at radius 2 is 1.88 bits per heavy atom. The van der Waals surface area contributed by atoms with Crippen molar-refractivity contribution in [2.45, 2.75) is 11.8 Å². The zero-order valence-electron chi connectivity index (χ0n) is 14.1. The molecule has 2 aromatic carbocycles. The molecule has 0 amide bonds. The molecule has 2 heterocycles. The van der Waals surface area contributed by atoms with Crippen molar-refractivity contribution in [3.63, 3.8) is 0 Å². The topological polar surface area (TPSA) is 7.12 Å². The van der Waals surface area contributed by atoms with Gasteiger partial charge in [-0.1, -0.05) is 0 Å². The monoisotopic (exact) mass is 526 g/mol. The number of nitrogens with zero attached hydrogens (tertiary/aromatic N) is 2. The van der Waals surface area contributed by atoms with Crippen LogP contribution in [0.4, 0.5) is 5.69 Å². The standard InChI is InChI=1S/C20H19N2SSe.HI/c1-3-22-15-9-4-6-11-17(15)23-19(22)13-8-14-20-21(2)16-10-5-7-12-18(16)24-20;/h4-14H,3H2,1-2H3;1H/q+1;/p-1. The van der Waals surface area contributed by atoms with Gasteiger partial charge in [-0.25, -0.2) is 0 Å². The Bertz CT molecular complexity index is 961. The van der Waals surface area contributed by atoms with Gasteiger partial charge < -0.3 is 24.0 Å². The Hall–Kier alpha value is -1.01. The number of aromatic nitrogens is 1. The summed E-state index contributed by atoms with van der Waals surface area (Å²) >= 11 is 2.26. The Morgan fingerprint density at radius 1 is 1.12 bits per heavy atom. The second-order valence-corrected chi connectivity index (χ2v) is 8.94. The minimum atomic E-state index is 0. The van der Waals surface area contributed by atoms with E-state index in [2.05, 4.69) is 90.2 Å². The smallest absolute Gasteiger partial charge is 1.00 e. The molecule has 0 saturated heterocycles. The van der Waals surface area contributed by atoms with E-state index in [1.54, 1.807) is 0 Å². The quantitative estimate of drug-likeness (QED) is 0.289. The maximum absolute atomic E-state index is 2.38. The number of anilines is 1. The second-order valence-electron chi connectivity index (χ2n) is 5.65. The summed E-state index contributed by atoms with van der Waals surface area (Å²) in [7, 11) is 2.17. The number of fused-ring (bicyclic) bond motifs is 2. The average molecular weight is 525 g/mol. The molecule has 128 valence electrons. The van der Waals surface area contributed by atoms with E-state index >= 15 is 0 Å². The number of hydrogen-bond acceptors (Lipinski definition) is 2. The van der Waals surface area contributed by atoms with Crippen molar-refractivity contribution in [3.8, 4) is 0 Å². The van der Waals surface area contributed by atoms with Crippen molar-refractivity contribution >= 4 is 47.8 Å². The largest absolute Gasteiger partial charge is 1.00 e. The van der Waals surface area contributed by atoms with Crippen molar-refractivity contribution in [3.05, 3.63) is 70.3 Å². The molecule has 1 aromatic heterocycles. The Morgan fingerprint density at radius 3 is 2.68 bits per heavy atom. The predicted molar refractivity (Wildman–Crippen MR) is 105 cm³/mol. The van der Waals surface area contributed by atoms with Gasteiger partial charge >= 0.3 is 153 Å². The van der Waals surface area contributed by atoms with Gasteiger partial charge in [0.15, 0.2) is 0 Å². The third kappa shape index (κ3) is 3.61. The van der Waals surface area contributed by atoms with Gasteiger partial charge in [0.25, 0.3) is 0 Å². The van der Waals surface area contributed by atoms with Gasteiger partial charge in [-0.2, -0.15) is 0 Å². The van der Waals surface area contributed by atoms with E-state index < -0.39 is 0 Å². The van der Waals surface area contributed by atoms with Crippen LogP contribution >= 0.6 is 11.8 Å². The second kappa shape index (κ2) is 8.12. The molecule has 1 aliphatic rings. The summed E-state index contributed by atoms with van der Waals surface area (Å²) in [5.74, 6) is 0. The zero-order chi connectivity index (χ0) is 16.5. The van der Waals surface area contributed by atoms with Gasteiger partial charge in [0.1, 0.15) is 0 Å². The predicted octanol–water partition coefficient (Wildman–Crippen LogP) is 1.21. The van der Waals surface area contributed by atoms with Gasteiger partial charge in [0, 0.05) is 0 Å². The zero-order valence-corrected chi connectivity index (χ0v) is 18.8. The van der Waals surface area contributed by atoms with Crippen LogP contribution in [0, 0.1) is 0 Å². The first kappa shape index (κ1) is 18.8. The van der Waals surface area contributed by atoms with E-state index in [1.165, 1.54) is 30.0 Å². The van der Waals surface area contributed by atoms with E-state index in [9.17, 15) is 0 Å². The molecule has 0 unspecified atom stereocenters.